The first-order chi connectivity index (χ1) is 8.06. The molecule has 0 amide bonds. The minimum Gasteiger partial charge on any atom is -0.0988 e. The molecule has 0 aromatic carbocycles. The number of hydrogen-bond donors (Lipinski definition) is 0. The first-order valence-corrected chi connectivity index (χ1v) is 7.13. The Kier molecular flexibility index (Phi) is 22.9. The smallest absolute Gasteiger partial charge is 0.0152 e. The van der Waals surface area contributed by atoms with Gasteiger partial charge >= 0.3 is 0 Å². The van der Waals surface area contributed by atoms with Gasteiger partial charge in [0.2, 0.25) is 0 Å². The van der Waals surface area contributed by atoms with Crippen LogP contribution >= 0.6 is 11.6 Å². The molecule has 0 nitrogen and oxygen atoms in total. The molecule has 0 fully saturated rings. The van der Waals surface area contributed by atoms with E-state index in [0.29, 0.717) is 0 Å². The van der Waals surface area contributed by atoms with E-state index in [0.717, 1.165) is 17.9 Å². The molecule has 0 heterocycles. The van der Waals surface area contributed by atoms with Gasteiger partial charge in [-0.15, -0.1) is 0 Å². The van der Waals surface area contributed by atoms with E-state index in [1.54, 1.807) is 0 Å². The van der Waals surface area contributed by atoms with Crippen LogP contribution in [-0.2, 0) is 0 Å². The van der Waals surface area contributed by atoms with Crippen LogP contribution in [0.4, 0.5) is 0 Å². The van der Waals surface area contributed by atoms with Gasteiger partial charge in [-0.25, -0.2) is 0 Å². The maximum Gasteiger partial charge on any atom is 0.0152 e. The Morgan fingerprint density at radius 3 is 1.53 bits per heavy atom. The van der Waals surface area contributed by atoms with E-state index in [9.17, 15) is 0 Å². The summed E-state index contributed by atoms with van der Waals surface area (Å²) in [4.78, 5) is 0. The lowest BCUT2D eigenvalue weighted by molar-refractivity contribution is 1.05. The lowest BCUT2D eigenvalue weighted by Gasteiger charge is -2.04. The second kappa shape index (κ2) is 17.9. The summed E-state index contributed by atoms with van der Waals surface area (Å²) >= 11 is 5.80. The van der Waals surface area contributed by atoms with Crippen LogP contribution < -0.4 is 0 Å². The van der Waals surface area contributed by atoms with Crippen LogP contribution in [0.2, 0.25) is 0 Å². The van der Waals surface area contributed by atoms with E-state index in [4.69, 9.17) is 11.6 Å². The predicted molar refractivity (Wildman–Crippen MR) is 84.7 cm³/mol. The highest BCUT2D eigenvalue weighted by atomic mass is 35.5. The molecule has 0 atom stereocenters. The van der Waals surface area contributed by atoms with Crippen molar-refractivity contribution in [1.82, 2.24) is 0 Å². The zero-order valence-corrected chi connectivity index (χ0v) is 13.6. The van der Waals surface area contributed by atoms with Crippen LogP contribution in [0.15, 0.2) is 34.9 Å². The van der Waals surface area contributed by atoms with Gasteiger partial charge in [0, 0.05) is 5.03 Å². The zero-order valence-electron chi connectivity index (χ0n) is 12.9. The van der Waals surface area contributed by atoms with Crippen molar-refractivity contribution in [3.63, 3.8) is 0 Å². The van der Waals surface area contributed by atoms with E-state index in [2.05, 4.69) is 34.3 Å². The highest BCUT2D eigenvalue weighted by Crippen LogP contribution is 2.17. The van der Waals surface area contributed by atoms with Crippen molar-refractivity contribution in [2.75, 3.05) is 0 Å². The van der Waals surface area contributed by atoms with Crippen molar-refractivity contribution in [2.24, 2.45) is 0 Å². The lowest BCUT2D eigenvalue weighted by atomic mass is 10.0. The topological polar surface area (TPSA) is 0 Å². The largest absolute Gasteiger partial charge is 0.0988 e. The van der Waals surface area contributed by atoms with Crippen LogP contribution in [0, 0.1) is 0 Å². The van der Waals surface area contributed by atoms with E-state index >= 15 is 0 Å². The Bertz CT molecular complexity index is 218. The Balaban J connectivity index is -0.000000337. The van der Waals surface area contributed by atoms with Gasteiger partial charge in [-0.05, 0) is 37.0 Å². The fraction of sp³-hybridized carbons (Fsp3) is 0.625. The Morgan fingerprint density at radius 1 is 1.00 bits per heavy atom. The first-order valence-electron chi connectivity index (χ1n) is 6.75. The van der Waals surface area contributed by atoms with Crippen molar-refractivity contribution in [3.05, 3.63) is 34.9 Å². The second-order valence-corrected chi connectivity index (χ2v) is 4.00. The van der Waals surface area contributed by atoms with Crippen LogP contribution in [0.25, 0.3) is 0 Å². The maximum atomic E-state index is 5.80. The fourth-order valence-electron chi connectivity index (χ4n) is 1.16. The average Bonchev–Trinajstić information content (AvgIpc) is 2.32. The quantitative estimate of drug-likeness (QED) is 0.483. The molecule has 0 saturated heterocycles. The first kappa shape index (κ1) is 21.8. The molecule has 0 aliphatic heterocycles. The molecule has 102 valence electrons. The van der Waals surface area contributed by atoms with Gasteiger partial charge in [0.15, 0.2) is 0 Å². The van der Waals surface area contributed by atoms with Crippen molar-refractivity contribution in [2.45, 2.75) is 67.7 Å². The van der Waals surface area contributed by atoms with Crippen LogP contribution in [0.1, 0.15) is 67.7 Å². The van der Waals surface area contributed by atoms with Gasteiger partial charge in [0.05, 0.1) is 0 Å². The van der Waals surface area contributed by atoms with Crippen molar-refractivity contribution in [1.29, 1.82) is 0 Å². The number of rotatable bonds is 4. The standard InChI is InChI=1S/C11H17Cl.C3H8.C2H6/c1-5-10(6-2)11(7-3)8-9(4)12;1-3-2;1-2/h5,8H,1,6-7H2,2-4H3;3H2,1-2H3;1-2H3/b9-8+,11-10+;;. The van der Waals surface area contributed by atoms with E-state index < -0.39 is 0 Å². The number of allylic oxidation sites excluding steroid dienone is 5. The Morgan fingerprint density at radius 2 is 1.35 bits per heavy atom. The fourth-order valence-corrected chi connectivity index (χ4v) is 1.30. The minimum atomic E-state index is 0.833. The summed E-state index contributed by atoms with van der Waals surface area (Å²) in [7, 11) is 0. The van der Waals surface area contributed by atoms with Crippen LogP contribution in [0.3, 0.4) is 0 Å². The van der Waals surface area contributed by atoms with E-state index in [1.807, 2.05) is 32.9 Å². The average molecular weight is 259 g/mol. The summed E-state index contributed by atoms with van der Waals surface area (Å²) in [5.41, 5.74) is 2.58. The van der Waals surface area contributed by atoms with E-state index in [-0.39, 0.29) is 0 Å². The van der Waals surface area contributed by atoms with Crippen LogP contribution in [-0.4, -0.2) is 0 Å². The van der Waals surface area contributed by atoms with Crippen molar-refractivity contribution >= 4 is 11.6 Å². The van der Waals surface area contributed by atoms with Gasteiger partial charge in [-0.2, -0.15) is 0 Å². The molecule has 0 aromatic rings. The van der Waals surface area contributed by atoms with Gasteiger partial charge < -0.3 is 0 Å². The minimum absolute atomic E-state index is 0.833. The summed E-state index contributed by atoms with van der Waals surface area (Å²) < 4.78 is 0. The molecule has 0 rings (SSSR count). The maximum absolute atomic E-state index is 5.80. The summed E-state index contributed by atoms with van der Waals surface area (Å²) in [6.45, 7) is 18.2. The molecular formula is C16H31Cl. The van der Waals surface area contributed by atoms with Gasteiger partial charge in [0.1, 0.15) is 0 Å². The molecule has 17 heavy (non-hydrogen) atoms. The number of halogens is 1. The summed E-state index contributed by atoms with van der Waals surface area (Å²) in [6, 6.07) is 0. The van der Waals surface area contributed by atoms with Crippen molar-refractivity contribution < 1.29 is 0 Å². The molecule has 0 saturated carbocycles. The van der Waals surface area contributed by atoms with Gasteiger partial charge in [-0.1, -0.05) is 72.2 Å². The molecule has 0 N–H and O–H groups in total. The van der Waals surface area contributed by atoms with Crippen molar-refractivity contribution in [3.8, 4) is 0 Å². The monoisotopic (exact) mass is 258 g/mol. The highest BCUT2D eigenvalue weighted by molar-refractivity contribution is 6.29. The second-order valence-electron chi connectivity index (χ2n) is 3.40. The molecule has 0 bridgehead atoms. The summed E-state index contributed by atoms with van der Waals surface area (Å²) in [6.07, 6.45) is 7.21. The number of hydrogen-bond acceptors (Lipinski definition) is 0. The highest BCUT2D eigenvalue weighted by Gasteiger charge is 1.96. The molecule has 0 radical (unpaired) electrons. The van der Waals surface area contributed by atoms with E-state index in [1.165, 1.54) is 17.6 Å². The van der Waals surface area contributed by atoms with Gasteiger partial charge in [0.25, 0.3) is 0 Å². The molecule has 1 heteroatoms. The molecule has 0 spiro atoms. The third-order valence-corrected chi connectivity index (χ3v) is 1.90. The third kappa shape index (κ3) is 15.5. The summed E-state index contributed by atoms with van der Waals surface area (Å²) in [5.74, 6) is 0. The SMILES string of the molecule is C=C/C(CC)=C(\C=C(/C)Cl)CC.CC.CCC. The molecule has 0 aromatic heterocycles. The van der Waals surface area contributed by atoms with Gasteiger partial charge in [-0.3, -0.25) is 0 Å². The zero-order chi connectivity index (χ0) is 14.3. The lowest BCUT2D eigenvalue weighted by Crippen LogP contribution is -1.84. The molecular weight excluding hydrogens is 228 g/mol. The third-order valence-electron chi connectivity index (χ3n) is 1.79. The molecule has 0 aliphatic carbocycles. The summed E-state index contributed by atoms with van der Waals surface area (Å²) in [5, 5.41) is 0.833. The Labute approximate surface area is 114 Å². The molecule has 0 aliphatic rings. The normalized spacial score (nSPS) is 11.4. The molecule has 0 unspecified atom stereocenters. The predicted octanol–water partition coefficient (Wildman–Crippen LogP) is 6.87. The van der Waals surface area contributed by atoms with Crippen LogP contribution in [0.5, 0.6) is 0 Å². The Hall–Kier alpha value is -0.490.